The van der Waals surface area contributed by atoms with Crippen LogP contribution in [0.2, 0.25) is 0 Å². The molecule has 0 aliphatic heterocycles. The van der Waals surface area contributed by atoms with Crippen LogP contribution >= 0.6 is 0 Å². The summed E-state index contributed by atoms with van der Waals surface area (Å²) in [5.41, 5.74) is 0. The Balaban J connectivity index is 4.26. The molecule has 0 heterocycles. The highest BCUT2D eigenvalue weighted by Gasteiger charge is 2.48. The Bertz CT molecular complexity index is 1180. The molecule has 0 atom stereocenters. The summed E-state index contributed by atoms with van der Waals surface area (Å²) in [6.07, 6.45) is 97.3. The largest absolute Gasteiger partial charge is 1.20 e. The molecule has 6 nitrogen and oxygen atoms in total. The van der Waals surface area contributed by atoms with Crippen molar-refractivity contribution in [3.05, 3.63) is 0 Å². The lowest BCUT2D eigenvalue weighted by Crippen LogP contribution is -2.34. The summed E-state index contributed by atoms with van der Waals surface area (Å²) in [6, 6.07) is 0. The van der Waals surface area contributed by atoms with Crippen LogP contribution in [0.15, 0.2) is 0 Å². The Morgan fingerprint density at radius 3 is 0.352 bits per heavy atom. The predicted octanol–water partition coefficient (Wildman–Crippen LogP) is 28.9. The van der Waals surface area contributed by atoms with Gasteiger partial charge in [0, 0.05) is 19.3 Å². The van der Waals surface area contributed by atoms with E-state index in [1.165, 1.54) is 405 Å². The second-order valence-corrected chi connectivity index (χ2v) is 29.7. The highest BCUT2D eigenvalue weighted by atomic mass is 27.3. The summed E-state index contributed by atoms with van der Waals surface area (Å²) in [5.74, 6) is -1.21. The molecule has 0 fully saturated rings. The van der Waals surface area contributed by atoms with Crippen LogP contribution in [0.1, 0.15) is 502 Å². The van der Waals surface area contributed by atoms with Gasteiger partial charge in [0.2, 0.25) is 0 Å². The minimum atomic E-state index is -3.27. The third-order valence-electron chi connectivity index (χ3n) is 19.4. The predicted molar refractivity (Wildman–Crippen MR) is 387 cm³/mol. The molecule has 0 rings (SSSR count). The number of hydrogen-bond acceptors (Lipinski definition) is 6. The summed E-state index contributed by atoms with van der Waals surface area (Å²) < 4.78 is 17.0. The molecule has 0 unspecified atom stereocenters. The second-order valence-electron chi connectivity index (χ2n) is 28.4. The summed E-state index contributed by atoms with van der Waals surface area (Å²) in [6.45, 7) is 6.90. The average Bonchev–Trinajstić information content (AvgIpc) is 3.59. The summed E-state index contributed by atoms with van der Waals surface area (Å²) in [7, 11) is 0. The number of unbranched alkanes of at least 4 members (excludes halogenated alkanes) is 69. The Morgan fingerprint density at radius 2 is 0.250 bits per heavy atom. The van der Waals surface area contributed by atoms with Crippen LogP contribution in [-0.2, 0) is 25.7 Å². The Kier molecular flexibility index (Phi) is 77.4. The molecule has 0 radical (unpaired) electrons. The Hall–Kier alpha value is -1.06. The van der Waals surface area contributed by atoms with Gasteiger partial charge in [-0.25, -0.2) is 0 Å². The summed E-state index contributed by atoms with van der Waals surface area (Å²) >= 11 is -3.27. The van der Waals surface area contributed by atoms with Gasteiger partial charge < -0.3 is 11.4 Å². The van der Waals surface area contributed by atoms with Crippen molar-refractivity contribution in [2.24, 2.45) is 0 Å². The number of carbonyl (C=O) groups is 3. The Labute approximate surface area is 558 Å². The Morgan fingerprint density at radius 1 is 0.159 bits per heavy atom. The third-order valence-corrected chi connectivity index (χ3v) is 20.8. The van der Waals surface area contributed by atoms with Crippen molar-refractivity contribution < 1.29 is 25.7 Å². The standard InChI is InChI=1S/3C27H54O2.Al/c3*1-2-3-4-5-6-7-8-9-10-11-12-13-14-15-16-17-18-19-20-21-22-23-24-25-26-27(28)29;/h3*2-26H2,1H3,(H,28,29);/q;;;+3/p-3. The molecule has 0 aromatic rings. The molecular formula is C81H159AlO6. The van der Waals surface area contributed by atoms with Gasteiger partial charge >= 0.3 is 15.1 Å². The first-order valence-electron chi connectivity index (χ1n) is 41.1. The zero-order valence-corrected chi connectivity index (χ0v) is 61.7. The van der Waals surface area contributed by atoms with Crippen molar-refractivity contribution in [2.75, 3.05) is 0 Å². The van der Waals surface area contributed by atoms with Gasteiger partial charge in [0.15, 0.2) is 0 Å². The first kappa shape index (κ1) is 86.9. The fourth-order valence-electron chi connectivity index (χ4n) is 13.3. The molecule has 0 aliphatic carbocycles. The van der Waals surface area contributed by atoms with E-state index in [1.54, 1.807) is 0 Å². The van der Waals surface area contributed by atoms with Gasteiger partial charge in [0.1, 0.15) is 0 Å². The van der Waals surface area contributed by atoms with E-state index in [2.05, 4.69) is 20.8 Å². The lowest BCUT2D eigenvalue weighted by atomic mass is 10.0. The van der Waals surface area contributed by atoms with E-state index in [-0.39, 0.29) is 19.3 Å². The third kappa shape index (κ3) is 75.7. The molecule has 0 spiro atoms. The molecule has 0 saturated heterocycles. The highest BCUT2D eigenvalue weighted by molar-refractivity contribution is 6.44. The van der Waals surface area contributed by atoms with E-state index in [0.29, 0.717) is 0 Å². The fraction of sp³-hybridized carbons (Fsp3) is 0.963. The maximum Gasteiger partial charge on any atom is 1.20 e. The maximum absolute atomic E-state index is 13.0. The van der Waals surface area contributed by atoms with E-state index >= 15 is 0 Å². The van der Waals surface area contributed by atoms with Crippen LogP contribution in [-0.4, -0.2) is 33.1 Å². The number of rotatable bonds is 78. The van der Waals surface area contributed by atoms with E-state index in [0.717, 1.165) is 57.8 Å². The molecule has 88 heavy (non-hydrogen) atoms. The normalized spacial score (nSPS) is 11.5. The first-order chi connectivity index (χ1) is 43.5. The van der Waals surface area contributed by atoms with Gasteiger partial charge in [-0.2, -0.15) is 0 Å². The highest BCUT2D eigenvalue weighted by Crippen LogP contribution is 2.21. The van der Waals surface area contributed by atoms with Crippen molar-refractivity contribution in [1.29, 1.82) is 0 Å². The minimum absolute atomic E-state index is 0.275. The van der Waals surface area contributed by atoms with Crippen LogP contribution in [0.5, 0.6) is 0 Å². The molecule has 0 bridgehead atoms. The zero-order valence-electron chi connectivity index (χ0n) is 60.6. The molecular weight excluding hydrogens is 1100 g/mol. The number of carbonyl (C=O) groups excluding carboxylic acids is 3. The van der Waals surface area contributed by atoms with Crippen LogP contribution in [0.25, 0.3) is 0 Å². The van der Waals surface area contributed by atoms with Crippen LogP contribution in [0.4, 0.5) is 0 Å². The van der Waals surface area contributed by atoms with Crippen molar-refractivity contribution >= 4 is 33.1 Å². The first-order valence-corrected chi connectivity index (χ1v) is 42.5. The lowest BCUT2D eigenvalue weighted by Gasteiger charge is -2.14. The van der Waals surface area contributed by atoms with E-state index in [4.69, 9.17) is 11.4 Å². The van der Waals surface area contributed by atoms with Gasteiger partial charge in [-0.3, -0.25) is 14.4 Å². The SMILES string of the molecule is CCCCCCCCCCCCCCCCCCCCCCCCCCC(=O)[O][Al]([O]C(=O)CCCCCCCCCCCCCCCCCCCCCCCCCC)[O]C(=O)CCCCCCCCCCCCCCCCCCCCCCCCCC. The van der Waals surface area contributed by atoms with Crippen LogP contribution < -0.4 is 0 Å². The van der Waals surface area contributed by atoms with Crippen LogP contribution in [0, 0.1) is 0 Å². The molecule has 0 saturated carbocycles. The molecule has 7 heteroatoms. The molecule has 0 amide bonds. The van der Waals surface area contributed by atoms with E-state index in [9.17, 15) is 14.4 Å². The van der Waals surface area contributed by atoms with Crippen molar-refractivity contribution in [3.63, 3.8) is 0 Å². The molecule has 0 aliphatic rings. The van der Waals surface area contributed by atoms with Gasteiger partial charge in [0.25, 0.3) is 17.9 Å². The van der Waals surface area contributed by atoms with Crippen molar-refractivity contribution in [1.82, 2.24) is 0 Å². The van der Waals surface area contributed by atoms with Crippen LogP contribution in [0.3, 0.4) is 0 Å². The lowest BCUT2D eigenvalue weighted by molar-refractivity contribution is -0.148. The quantitative estimate of drug-likeness (QED) is 0.0446. The van der Waals surface area contributed by atoms with Gasteiger partial charge in [0.05, 0.1) is 0 Å². The minimum Gasteiger partial charge on any atom is -0.551 e. The monoisotopic (exact) mass is 1260 g/mol. The van der Waals surface area contributed by atoms with Gasteiger partial charge in [-0.1, -0.05) is 464 Å². The fourth-order valence-corrected chi connectivity index (χ4v) is 14.4. The van der Waals surface area contributed by atoms with E-state index in [1.807, 2.05) is 0 Å². The van der Waals surface area contributed by atoms with Gasteiger partial charge in [-0.05, 0) is 19.3 Å². The molecule has 522 valence electrons. The molecule has 0 aromatic heterocycles. The van der Waals surface area contributed by atoms with Crippen molar-refractivity contribution in [2.45, 2.75) is 502 Å². The second kappa shape index (κ2) is 78.4. The van der Waals surface area contributed by atoms with Gasteiger partial charge in [-0.15, -0.1) is 0 Å². The average molecular weight is 1260 g/mol. The maximum atomic E-state index is 13.0. The molecule has 0 aromatic carbocycles. The molecule has 0 N–H and O–H groups in total. The summed E-state index contributed by atoms with van der Waals surface area (Å²) in [4.78, 5) is 39.0. The zero-order chi connectivity index (χ0) is 63.5. The topological polar surface area (TPSA) is 78.9 Å². The number of hydrogen-bond donors (Lipinski definition) is 0. The smallest absolute Gasteiger partial charge is 0.551 e. The summed E-state index contributed by atoms with van der Waals surface area (Å²) in [5, 5.41) is 0. The van der Waals surface area contributed by atoms with E-state index < -0.39 is 33.1 Å². The van der Waals surface area contributed by atoms with Crippen molar-refractivity contribution in [3.8, 4) is 0 Å².